The highest BCUT2D eigenvalue weighted by Gasteiger charge is 2.16. The first-order valence-corrected chi connectivity index (χ1v) is 5.41. The zero-order valence-corrected chi connectivity index (χ0v) is 10.8. The molecule has 0 aromatic heterocycles. The minimum absolute atomic E-state index is 0.638. The molecule has 0 saturated carbocycles. The van der Waals surface area contributed by atoms with Crippen LogP contribution in [0.5, 0.6) is 0 Å². The lowest BCUT2D eigenvalue weighted by Crippen LogP contribution is -2.24. The summed E-state index contributed by atoms with van der Waals surface area (Å²) < 4.78 is 5.26. The Hall–Kier alpha value is -1.36. The smallest absolute Gasteiger partial charge is 0.396 e. The summed E-state index contributed by atoms with van der Waals surface area (Å²) in [6, 6.07) is 3.72. The minimum Gasteiger partial charge on any atom is -0.462 e. The van der Waals surface area contributed by atoms with E-state index in [2.05, 4.69) is 26.0 Å². The summed E-state index contributed by atoms with van der Waals surface area (Å²) in [5, 5.41) is 2.52. The molecule has 0 heterocycles. The Morgan fingerprint density at radius 2 is 1.75 bits per heavy atom. The van der Waals surface area contributed by atoms with E-state index in [1.807, 2.05) is 26.0 Å². The number of ether oxygens (including phenoxy) is 1. The van der Waals surface area contributed by atoms with Gasteiger partial charge < -0.3 is 10.1 Å². The van der Waals surface area contributed by atoms with Crippen LogP contribution in [0.1, 0.15) is 11.1 Å². The van der Waals surface area contributed by atoms with Gasteiger partial charge in [-0.3, -0.25) is 4.79 Å². The van der Waals surface area contributed by atoms with Gasteiger partial charge in [-0.05, 0) is 37.1 Å². The van der Waals surface area contributed by atoms with Crippen molar-refractivity contribution >= 4 is 33.5 Å². The number of benzene rings is 1. The maximum Gasteiger partial charge on any atom is 0.396 e. The normalized spacial score (nSPS) is 9.75. The van der Waals surface area contributed by atoms with Crippen molar-refractivity contribution in [3.8, 4) is 0 Å². The number of rotatable bonds is 1. The molecule has 0 unspecified atom stereocenters. The molecule has 0 radical (unpaired) electrons. The van der Waals surface area contributed by atoms with Crippen LogP contribution >= 0.6 is 15.9 Å². The number of amides is 1. The van der Waals surface area contributed by atoms with Crippen LogP contribution in [0.4, 0.5) is 5.69 Å². The highest BCUT2D eigenvalue weighted by molar-refractivity contribution is 9.10. The van der Waals surface area contributed by atoms with E-state index in [1.165, 1.54) is 7.11 Å². The van der Waals surface area contributed by atoms with Gasteiger partial charge in [0.1, 0.15) is 0 Å². The summed E-state index contributed by atoms with van der Waals surface area (Å²) in [6.07, 6.45) is 0. The number of hydrogen-bond acceptors (Lipinski definition) is 3. The summed E-state index contributed by atoms with van der Waals surface area (Å²) >= 11 is 3.35. The van der Waals surface area contributed by atoms with Crippen molar-refractivity contribution in [3.63, 3.8) is 0 Å². The van der Waals surface area contributed by atoms with Crippen molar-refractivity contribution in [3.05, 3.63) is 27.7 Å². The number of nitrogens with one attached hydrogen (secondary N) is 1. The number of carbonyl (C=O) groups excluding carboxylic acids is 2. The molecular weight excluding hydrogens is 274 g/mol. The Kier molecular flexibility index (Phi) is 4.06. The summed E-state index contributed by atoms with van der Waals surface area (Å²) in [4.78, 5) is 22.3. The SMILES string of the molecule is COC(=O)C(=O)Nc1c(C)cc(Br)cc1C. The zero-order chi connectivity index (χ0) is 12.3. The van der Waals surface area contributed by atoms with Crippen LogP contribution in [-0.2, 0) is 14.3 Å². The molecule has 1 aromatic rings. The number of hydrogen-bond donors (Lipinski definition) is 1. The summed E-state index contributed by atoms with van der Waals surface area (Å²) in [7, 11) is 1.17. The molecule has 0 aliphatic rings. The lowest BCUT2D eigenvalue weighted by molar-refractivity contribution is -0.150. The number of anilines is 1. The molecular formula is C11H12BrNO3. The molecule has 0 fully saturated rings. The quantitative estimate of drug-likeness (QED) is 0.636. The third-order valence-corrected chi connectivity index (χ3v) is 2.56. The van der Waals surface area contributed by atoms with Gasteiger partial charge in [-0.2, -0.15) is 0 Å². The predicted octanol–water partition coefficient (Wildman–Crippen LogP) is 2.18. The van der Waals surface area contributed by atoms with Gasteiger partial charge in [0.15, 0.2) is 0 Å². The Morgan fingerprint density at radius 3 is 2.19 bits per heavy atom. The Morgan fingerprint density at radius 1 is 1.25 bits per heavy atom. The molecule has 1 amide bonds. The highest BCUT2D eigenvalue weighted by Crippen LogP contribution is 2.24. The van der Waals surface area contributed by atoms with Crippen LogP contribution in [-0.4, -0.2) is 19.0 Å². The van der Waals surface area contributed by atoms with E-state index in [1.54, 1.807) is 0 Å². The molecule has 16 heavy (non-hydrogen) atoms. The third kappa shape index (κ3) is 2.82. The second-order valence-electron chi connectivity index (χ2n) is 3.36. The maximum absolute atomic E-state index is 11.3. The van der Waals surface area contributed by atoms with Crippen LogP contribution < -0.4 is 5.32 Å². The molecule has 1 N–H and O–H groups in total. The number of aryl methyl sites for hydroxylation is 2. The molecule has 4 nitrogen and oxygen atoms in total. The van der Waals surface area contributed by atoms with E-state index in [9.17, 15) is 9.59 Å². The molecule has 0 atom stereocenters. The van der Waals surface area contributed by atoms with E-state index in [0.717, 1.165) is 15.6 Å². The van der Waals surface area contributed by atoms with Gasteiger partial charge in [-0.1, -0.05) is 15.9 Å². The van der Waals surface area contributed by atoms with Gasteiger partial charge in [-0.15, -0.1) is 0 Å². The second-order valence-corrected chi connectivity index (χ2v) is 4.28. The summed E-state index contributed by atoms with van der Waals surface area (Å²) in [6.45, 7) is 3.70. The van der Waals surface area contributed by atoms with Crippen molar-refractivity contribution in [1.82, 2.24) is 0 Å². The van der Waals surface area contributed by atoms with Gasteiger partial charge in [0.05, 0.1) is 7.11 Å². The average molecular weight is 286 g/mol. The Balaban J connectivity index is 2.98. The van der Waals surface area contributed by atoms with Crippen LogP contribution in [0.15, 0.2) is 16.6 Å². The number of methoxy groups -OCH3 is 1. The topological polar surface area (TPSA) is 55.4 Å². The monoisotopic (exact) mass is 285 g/mol. The number of halogens is 1. The van der Waals surface area contributed by atoms with Crippen molar-refractivity contribution in [2.45, 2.75) is 13.8 Å². The van der Waals surface area contributed by atoms with Crippen LogP contribution in [0.3, 0.4) is 0 Å². The van der Waals surface area contributed by atoms with Crippen molar-refractivity contribution in [2.24, 2.45) is 0 Å². The van der Waals surface area contributed by atoms with E-state index in [4.69, 9.17) is 0 Å². The molecule has 1 rings (SSSR count). The van der Waals surface area contributed by atoms with Crippen LogP contribution in [0, 0.1) is 13.8 Å². The highest BCUT2D eigenvalue weighted by atomic mass is 79.9. The predicted molar refractivity (Wildman–Crippen MR) is 64.3 cm³/mol. The molecule has 5 heteroatoms. The zero-order valence-electron chi connectivity index (χ0n) is 9.26. The Bertz CT molecular complexity index is 420. The number of esters is 1. The maximum atomic E-state index is 11.3. The second kappa shape index (κ2) is 5.12. The van der Waals surface area contributed by atoms with Crippen molar-refractivity contribution < 1.29 is 14.3 Å². The lowest BCUT2D eigenvalue weighted by Gasteiger charge is -2.11. The van der Waals surface area contributed by atoms with Crippen LogP contribution in [0.25, 0.3) is 0 Å². The molecule has 86 valence electrons. The van der Waals surface area contributed by atoms with Crippen LogP contribution in [0.2, 0.25) is 0 Å². The lowest BCUT2D eigenvalue weighted by atomic mass is 10.1. The standard InChI is InChI=1S/C11H12BrNO3/c1-6-4-8(12)5-7(2)9(6)13-10(14)11(15)16-3/h4-5H,1-3H3,(H,13,14). The molecule has 0 bridgehead atoms. The van der Waals surface area contributed by atoms with E-state index >= 15 is 0 Å². The van der Waals surface area contributed by atoms with Gasteiger partial charge in [0, 0.05) is 10.2 Å². The van der Waals surface area contributed by atoms with Gasteiger partial charge in [-0.25, -0.2) is 4.79 Å². The van der Waals surface area contributed by atoms with Crippen molar-refractivity contribution in [1.29, 1.82) is 0 Å². The third-order valence-electron chi connectivity index (χ3n) is 2.11. The fourth-order valence-corrected chi connectivity index (χ4v) is 2.05. The first-order chi connectivity index (χ1) is 7.45. The van der Waals surface area contributed by atoms with Crippen molar-refractivity contribution in [2.75, 3.05) is 12.4 Å². The summed E-state index contributed by atoms with van der Waals surface area (Å²) in [5.41, 5.74) is 2.40. The molecule has 0 saturated heterocycles. The molecule has 1 aromatic carbocycles. The Labute approximate surface area is 102 Å². The van der Waals surface area contributed by atoms with E-state index in [0.29, 0.717) is 5.69 Å². The summed E-state index contributed by atoms with van der Waals surface area (Å²) in [5.74, 6) is -1.67. The first kappa shape index (κ1) is 12.7. The average Bonchev–Trinajstić information content (AvgIpc) is 2.21. The largest absolute Gasteiger partial charge is 0.462 e. The van der Waals surface area contributed by atoms with E-state index in [-0.39, 0.29) is 0 Å². The van der Waals surface area contributed by atoms with Gasteiger partial charge >= 0.3 is 11.9 Å². The fraction of sp³-hybridized carbons (Fsp3) is 0.273. The molecule has 0 spiro atoms. The fourth-order valence-electron chi connectivity index (χ4n) is 1.37. The minimum atomic E-state index is -0.901. The van der Waals surface area contributed by atoms with Gasteiger partial charge in [0.2, 0.25) is 0 Å². The number of carbonyl (C=O) groups is 2. The first-order valence-electron chi connectivity index (χ1n) is 4.61. The molecule has 0 aliphatic carbocycles. The van der Waals surface area contributed by atoms with E-state index < -0.39 is 11.9 Å². The van der Waals surface area contributed by atoms with Gasteiger partial charge in [0.25, 0.3) is 0 Å². The molecule has 0 aliphatic heterocycles.